The summed E-state index contributed by atoms with van der Waals surface area (Å²) in [5, 5.41) is 11.5. The van der Waals surface area contributed by atoms with Crippen LogP contribution in [-0.4, -0.2) is 23.4 Å². The second-order valence-electron chi connectivity index (χ2n) is 4.07. The van der Waals surface area contributed by atoms with Crippen LogP contribution in [0.25, 0.3) is 0 Å². The molecule has 1 amide bonds. The maximum absolute atomic E-state index is 11.9. The van der Waals surface area contributed by atoms with E-state index in [1.807, 2.05) is 6.92 Å². The molecular weight excluding hydrogens is 194 g/mol. The number of hydrogen-bond acceptors (Lipinski definition) is 3. The molecule has 84 valence electrons. The number of Topliss-reactive ketones (excluding diaryl/α,β-unsaturated/α-hetero) is 1. The van der Waals surface area contributed by atoms with Crippen molar-refractivity contribution < 1.29 is 14.7 Å². The van der Waals surface area contributed by atoms with E-state index in [2.05, 4.69) is 5.32 Å². The second kappa shape index (κ2) is 4.57. The molecule has 0 saturated carbocycles. The first-order valence-corrected chi connectivity index (χ1v) is 5.22. The number of amides is 1. The smallest absolute Gasteiger partial charge is 0.237 e. The van der Waals surface area contributed by atoms with Gasteiger partial charge in [0.05, 0.1) is 6.61 Å². The van der Waals surface area contributed by atoms with Gasteiger partial charge in [0, 0.05) is 11.8 Å². The standard InChI is InChI=1S/C11H17NO3/c1-3-4-5-11(2)9(14)8(7-13)6-12-10(11)15/h6,13H,3-5,7H2,1-2H3,(H,12,15). The Kier molecular flexibility index (Phi) is 3.63. The molecule has 1 atom stereocenters. The van der Waals surface area contributed by atoms with Crippen LogP contribution in [-0.2, 0) is 9.59 Å². The highest BCUT2D eigenvalue weighted by atomic mass is 16.3. The van der Waals surface area contributed by atoms with Crippen LogP contribution >= 0.6 is 0 Å². The molecule has 1 heterocycles. The molecular formula is C11H17NO3. The van der Waals surface area contributed by atoms with E-state index in [1.165, 1.54) is 6.20 Å². The molecule has 1 aliphatic rings. The van der Waals surface area contributed by atoms with E-state index >= 15 is 0 Å². The van der Waals surface area contributed by atoms with Crippen molar-refractivity contribution in [1.29, 1.82) is 0 Å². The molecule has 1 aliphatic heterocycles. The van der Waals surface area contributed by atoms with Crippen molar-refractivity contribution in [2.45, 2.75) is 33.1 Å². The van der Waals surface area contributed by atoms with Gasteiger partial charge in [-0.15, -0.1) is 0 Å². The maximum atomic E-state index is 11.9. The molecule has 4 nitrogen and oxygen atoms in total. The van der Waals surface area contributed by atoms with E-state index in [4.69, 9.17) is 5.11 Å². The number of aliphatic hydroxyl groups excluding tert-OH is 1. The van der Waals surface area contributed by atoms with Crippen LogP contribution in [0, 0.1) is 5.41 Å². The van der Waals surface area contributed by atoms with Crippen LogP contribution in [0.15, 0.2) is 11.8 Å². The molecule has 0 radical (unpaired) electrons. The van der Waals surface area contributed by atoms with Gasteiger partial charge in [0.1, 0.15) is 5.41 Å². The molecule has 15 heavy (non-hydrogen) atoms. The quantitative estimate of drug-likeness (QED) is 0.675. The van der Waals surface area contributed by atoms with E-state index in [9.17, 15) is 9.59 Å². The van der Waals surface area contributed by atoms with Gasteiger partial charge >= 0.3 is 0 Å². The molecule has 4 heteroatoms. The Hall–Kier alpha value is -1.16. The number of aliphatic hydroxyl groups is 1. The molecule has 0 aromatic heterocycles. The van der Waals surface area contributed by atoms with Crippen molar-refractivity contribution in [3.63, 3.8) is 0 Å². The largest absolute Gasteiger partial charge is 0.391 e. The zero-order valence-corrected chi connectivity index (χ0v) is 9.17. The summed E-state index contributed by atoms with van der Waals surface area (Å²) in [6.45, 7) is 3.33. The lowest BCUT2D eigenvalue weighted by atomic mass is 9.75. The van der Waals surface area contributed by atoms with Crippen molar-refractivity contribution in [3.05, 3.63) is 11.8 Å². The van der Waals surface area contributed by atoms with Gasteiger partial charge in [0.25, 0.3) is 0 Å². The van der Waals surface area contributed by atoms with E-state index in [1.54, 1.807) is 6.92 Å². The van der Waals surface area contributed by atoms with E-state index in [0.717, 1.165) is 12.8 Å². The Morgan fingerprint density at radius 2 is 2.13 bits per heavy atom. The third kappa shape index (κ3) is 2.09. The third-order valence-corrected chi connectivity index (χ3v) is 2.87. The van der Waals surface area contributed by atoms with Gasteiger partial charge in [0.2, 0.25) is 5.91 Å². The van der Waals surface area contributed by atoms with Crippen LogP contribution in [0.3, 0.4) is 0 Å². The summed E-state index contributed by atoms with van der Waals surface area (Å²) in [5.41, 5.74) is -0.712. The average Bonchev–Trinajstić information content (AvgIpc) is 2.24. The van der Waals surface area contributed by atoms with Crippen molar-refractivity contribution in [1.82, 2.24) is 5.32 Å². The highest BCUT2D eigenvalue weighted by Gasteiger charge is 2.43. The Morgan fingerprint density at radius 3 is 2.67 bits per heavy atom. The first-order chi connectivity index (χ1) is 7.06. The van der Waals surface area contributed by atoms with Crippen LogP contribution in [0.5, 0.6) is 0 Å². The number of hydrogen-bond donors (Lipinski definition) is 2. The molecule has 0 spiro atoms. The third-order valence-electron chi connectivity index (χ3n) is 2.87. The summed E-state index contributed by atoms with van der Waals surface area (Å²) >= 11 is 0. The Labute approximate surface area is 89.4 Å². The first-order valence-electron chi connectivity index (χ1n) is 5.22. The molecule has 0 aromatic carbocycles. The molecule has 1 unspecified atom stereocenters. The molecule has 0 aromatic rings. The molecule has 0 fully saturated rings. The van der Waals surface area contributed by atoms with Gasteiger partial charge in [-0.25, -0.2) is 0 Å². The van der Waals surface area contributed by atoms with Gasteiger partial charge in [-0.2, -0.15) is 0 Å². The molecule has 2 N–H and O–H groups in total. The zero-order chi connectivity index (χ0) is 11.5. The van der Waals surface area contributed by atoms with Crippen molar-refractivity contribution in [3.8, 4) is 0 Å². The summed E-state index contributed by atoms with van der Waals surface area (Å²) in [4.78, 5) is 23.5. The van der Waals surface area contributed by atoms with Crippen LogP contribution in [0.4, 0.5) is 0 Å². The van der Waals surface area contributed by atoms with Crippen molar-refractivity contribution in [2.24, 2.45) is 5.41 Å². The summed E-state index contributed by atoms with van der Waals surface area (Å²) in [7, 11) is 0. The number of ketones is 1. The summed E-state index contributed by atoms with van der Waals surface area (Å²) in [6.07, 6.45) is 3.60. The van der Waals surface area contributed by atoms with Crippen LogP contribution < -0.4 is 5.32 Å². The molecule has 1 rings (SSSR count). The molecule has 0 aliphatic carbocycles. The highest BCUT2D eigenvalue weighted by Crippen LogP contribution is 2.31. The number of carbonyl (C=O) groups excluding carboxylic acids is 2. The Morgan fingerprint density at radius 1 is 1.47 bits per heavy atom. The van der Waals surface area contributed by atoms with Gasteiger partial charge in [-0.3, -0.25) is 9.59 Å². The lowest BCUT2D eigenvalue weighted by Gasteiger charge is -2.30. The number of rotatable bonds is 4. The van der Waals surface area contributed by atoms with Crippen molar-refractivity contribution >= 4 is 11.7 Å². The second-order valence-corrected chi connectivity index (χ2v) is 4.07. The Bertz CT molecular complexity index is 309. The van der Waals surface area contributed by atoms with Gasteiger partial charge < -0.3 is 10.4 Å². The van der Waals surface area contributed by atoms with Crippen molar-refractivity contribution in [2.75, 3.05) is 6.61 Å². The molecule has 0 saturated heterocycles. The average molecular weight is 211 g/mol. The fourth-order valence-electron chi connectivity index (χ4n) is 1.71. The minimum Gasteiger partial charge on any atom is -0.391 e. The first kappa shape index (κ1) is 11.9. The fourth-order valence-corrected chi connectivity index (χ4v) is 1.71. The summed E-state index contributed by atoms with van der Waals surface area (Å²) < 4.78 is 0. The lowest BCUT2D eigenvalue weighted by molar-refractivity contribution is -0.140. The predicted molar refractivity (Wildman–Crippen MR) is 56.0 cm³/mol. The SMILES string of the molecule is CCCCC1(C)C(=O)NC=C(CO)C1=O. The highest BCUT2D eigenvalue weighted by molar-refractivity contribution is 6.15. The lowest BCUT2D eigenvalue weighted by Crippen LogP contribution is -2.47. The number of unbranched alkanes of at least 4 members (excludes halogenated alkanes) is 1. The van der Waals surface area contributed by atoms with Gasteiger partial charge in [0.15, 0.2) is 5.78 Å². The minimum absolute atomic E-state index is 0.248. The minimum atomic E-state index is -0.997. The van der Waals surface area contributed by atoms with E-state index in [-0.39, 0.29) is 23.9 Å². The number of nitrogens with one attached hydrogen (secondary N) is 1. The van der Waals surface area contributed by atoms with Gasteiger partial charge in [-0.05, 0) is 13.3 Å². The predicted octanol–water partition coefficient (Wildman–Crippen LogP) is 0.758. The fraction of sp³-hybridized carbons (Fsp3) is 0.636. The topological polar surface area (TPSA) is 66.4 Å². The Balaban J connectivity index is 2.91. The van der Waals surface area contributed by atoms with Crippen LogP contribution in [0.1, 0.15) is 33.1 Å². The summed E-state index contributed by atoms with van der Waals surface area (Å²) in [5.74, 6) is -0.514. The maximum Gasteiger partial charge on any atom is 0.237 e. The number of carbonyl (C=O) groups is 2. The van der Waals surface area contributed by atoms with Crippen LogP contribution in [0.2, 0.25) is 0 Å². The normalized spacial score (nSPS) is 26.2. The monoisotopic (exact) mass is 211 g/mol. The zero-order valence-electron chi connectivity index (χ0n) is 9.17. The molecule has 0 bridgehead atoms. The van der Waals surface area contributed by atoms with E-state index < -0.39 is 5.41 Å². The summed E-state index contributed by atoms with van der Waals surface area (Å²) in [6, 6.07) is 0. The van der Waals surface area contributed by atoms with Gasteiger partial charge in [-0.1, -0.05) is 19.8 Å². The van der Waals surface area contributed by atoms with E-state index in [0.29, 0.717) is 6.42 Å².